The number of benzene rings is 1. The van der Waals surface area contributed by atoms with E-state index in [1.807, 2.05) is 0 Å². The molecule has 0 atom stereocenters. The third-order valence-electron chi connectivity index (χ3n) is 2.55. The summed E-state index contributed by atoms with van der Waals surface area (Å²) in [7, 11) is 0. The number of aromatic nitrogens is 2. The number of nitriles is 1. The molecule has 0 aliphatic carbocycles. The van der Waals surface area contributed by atoms with Crippen LogP contribution in [0.5, 0.6) is 0 Å². The second-order valence-electron chi connectivity index (χ2n) is 3.86. The number of aliphatic hydroxyl groups excluding tert-OH is 1. The molecular formula is C12H7F4N3O. The SMILES string of the molecule is N#Cc1cc(-n2nc(C(F)(F)F)cc2CO)ccc1F. The first-order valence-electron chi connectivity index (χ1n) is 5.34. The third-order valence-corrected chi connectivity index (χ3v) is 2.55. The molecule has 0 radical (unpaired) electrons. The summed E-state index contributed by atoms with van der Waals surface area (Å²) in [5, 5.41) is 21.1. The Kier molecular flexibility index (Phi) is 3.46. The topological polar surface area (TPSA) is 61.8 Å². The van der Waals surface area contributed by atoms with Crippen LogP contribution < -0.4 is 0 Å². The van der Waals surface area contributed by atoms with Gasteiger partial charge in [0.1, 0.15) is 11.9 Å². The lowest BCUT2D eigenvalue weighted by Crippen LogP contribution is -2.08. The van der Waals surface area contributed by atoms with E-state index in [0.717, 1.165) is 16.8 Å². The zero-order valence-corrected chi connectivity index (χ0v) is 9.82. The van der Waals surface area contributed by atoms with Gasteiger partial charge in [0.15, 0.2) is 5.69 Å². The maximum atomic E-state index is 13.2. The minimum Gasteiger partial charge on any atom is -0.390 e. The van der Waals surface area contributed by atoms with Crippen LogP contribution in [-0.2, 0) is 12.8 Å². The summed E-state index contributed by atoms with van der Waals surface area (Å²) in [4.78, 5) is 0. The standard InChI is InChI=1S/C12H7F4N3O/c13-10-2-1-8(3-7(10)5-17)19-9(6-20)4-11(18-19)12(14,15)16/h1-4,20H,6H2. The van der Waals surface area contributed by atoms with Gasteiger partial charge < -0.3 is 5.11 Å². The van der Waals surface area contributed by atoms with Gasteiger partial charge in [0.05, 0.1) is 23.6 Å². The maximum Gasteiger partial charge on any atom is 0.435 e. The second kappa shape index (κ2) is 4.94. The van der Waals surface area contributed by atoms with Crippen LogP contribution in [0.2, 0.25) is 0 Å². The van der Waals surface area contributed by atoms with Gasteiger partial charge in [-0.2, -0.15) is 23.5 Å². The van der Waals surface area contributed by atoms with Crippen molar-refractivity contribution in [1.82, 2.24) is 9.78 Å². The van der Waals surface area contributed by atoms with E-state index in [0.29, 0.717) is 6.07 Å². The lowest BCUT2D eigenvalue weighted by atomic mass is 10.2. The van der Waals surface area contributed by atoms with Crippen LogP contribution in [0, 0.1) is 17.1 Å². The van der Waals surface area contributed by atoms with Crippen molar-refractivity contribution < 1.29 is 22.7 Å². The molecule has 0 amide bonds. The molecule has 2 aromatic rings. The molecule has 1 heterocycles. The molecule has 0 bridgehead atoms. The number of rotatable bonds is 2. The minimum absolute atomic E-state index is 0.0579. The fourth-order valence-corrected chi connectivity index (χ4v) is 1.63. The van der Waals surface area contributed by atoms with E-state index >= 15 is 0 Å². The van der Waals surface area contributed by atoms with Crippen molar-refractivity contribution in [2.45, 2.75) is 12.8 Å². The Labute approximate surface area is 110 Å². The molecule has 0 aliphatic heterocycles. The molecule has 104 valence electrons. The lowest BCUT2D eigenvalue weighted by Gasteiger charge is -2.06. The van der Waals surface area contributed by atoms with E-state index in [-0.39, 0.29) is 16.9 Å². The van der Waals surface area contributed by atoms with E-state index in [9.17, 15) is 17.6 Å². The lowest BCUT2D eigenvalue weighted by molar-refractivity contribution is -0.141. The van der Waals surface area contributed by atoms with Crippen LogP contribution in [0.15, 0.2) is 24.3 Å². The molecule has 0 unspecified atom stereocenters. The van der Waals surface area contributed by atoms with Crippen molar-refractivity contribution in [2.24, 2.45) is 0 Å². The van der Waals surface area contributed by atoms with E-state index in [1.165, 1.54) is 6.07 Å². The van der Waals surface area contributed by atoms with Crippen molar-refractivity contribution in [2.75, 3.05) is 0 Å². The van der Waals surface area contributed by atoms with Crippen LogP contribution in [0.1, 0.15) is 17.0 Å². The van der Waals surface area contributed by atoms with Crippen LogP contribution in [-0.4, -0.2) is 14.9 Å². The van der Waals surface area contributed by atoms with E-state index in [4.69, 9.17) is 10.4 Å². The zero-order chi connectivity index (χ0) is 14.9. The van der Waals surface area contributed by atoms with E-state index in [2.05, 4.69) is 5.10 Å². The normalized spacial score (nSPS) is 11.4. The summed E-state index contributed by atoms with van der Waals surface area (Å²) in [5.41, 5.74) is -1.56. The highest BCUT2D eigenvalue weighted by molar-refractivity contribution is 5.43. The minimum atomic E-state index is -4.66. The summed E-state index contributed by atoms with van der Waals surface area (Å²) in [5.74, 6) is -0.787. The van der Waals surface area contributed by atoms with Crippen molar-refractivity contribution in [1.29, 1.82) is 5.26 Å². The van der Waals surface area contributed by atoms with Gasteiger partial charge >= 0.3 is 6.18 Å². The maximum absolute atomic E-state index is 13.2. The van der Waals surface area contributed by atoms with Gasteiger partial charge in [0.2, 0.25) is 0 Å². The van der Waals surface area contributed by atoms with Gasteiger partial charge in [0, 0.05) is 0 Å². The van der Waals surface area contributed by atoms with Gasteiger partial charge in [-0.25, -0.2) is 9.07 Å². The molecule has 20 heavy (non-hydrogen) atoms. The molecule has 0 fully saturated rings. The van der Waals surface area contributed by atoms with Crippen molar-refractivity contribution in [3.8, 4) is 11.8 Å². The molecule has 0 spiro atoms. The summed E-state index contributed by atoms with van der Waals surface area (Å²) in [6.45, 7) is -0.678. The largest absolute Gasteiger partial charge is 0.435 e. The molecule has 4 nitrogen and oxygen atoms in total. The number of hydrogen-bond donors (Lipinski definition) is 1. The molecule has 1 aromatic carbocycles. The highest BCUT2D eigenvalue weighted by Crippen LogP contribution is 2.29. The number of aliphatic hydroxyl groups is 1. The fourth-order valence-electron chi connectivity index (χ4n) is 1.63. The average molecular weight is 285 g/mol. The first kappa shape index (κ1) is 14.0. The molecule has 2 rings (SSSR count). The summed E-state index contributed by atoms with van der Waals surface area (Å²) >= 11 is 0. The van der Waals surface area contributed by atoms with Crippen LogP contribution >= 0.6 is 0 Å². The quantitative estimate of drug-likeness (QED) is 0.862. The molecule has 0 aliphatic rings. The Morgan fingerprint density at radius 3 is 2.55 bits per heavy atom. The highest BCUT2D eigenvalue weighted by Gasteiger charge is 2.35. The summed E-state index contributed by atoms with van der Waals surface area (Å²) < 4.78 is 51.7. The Hall–Kier alpha value is -2.40. The summed E-state index contributed by atoms with van der Waals surface area (Å²) in [6.07, 6.45) is -4.66. The number of nitrogens with zero attached hydrogens (tertiary/aromatic N) is 3. The van der Waals surface area contributed by atoms with Gasteiger partial charge in [0.25, 0.3) is 0 Å². The van der Waals surface area contributed by atoms with Gasteiger partial charge in [-0.05, 0) is 24.3 Å². The smallest absolute Gasteiger partial charge is 0.390 e. The van der Waals surface area contributed by atoms with Crippen molar-refractivity contribution in [3.05, 3.63) is 47.0 Å². The number of hydrogen-bond acceptors (Lipinski definition) is 3. The van der Waals surface area contributed by atoms with Gasteiger partial charge in [-0.1, -0.05) is 0 Å². The fraction of sp³-hybridized carbons (Fsp3) is 0.167. The number of halogens is 4. The molecule has 0 saturated heterocycles. The predicted molar refractivity (Wildman–Crippen MR) is 59.2 cm³/mol. The zero-order valence-electron chi connectivity index (χ0n) is 9.82. The van der Waals surface area contributed by atoms with Crippen LogP contribution in [0.4, 0.5) is 17.6 Å². The highest BCUT2D eigenvalue weighted by atomic mass is 19.4. The van der Waals surface area contributed by atoms with Crippen LogP contribution in [0.25, 0.3) is 5.69 Å². The molecule has 1 N–H and O–H groups in total. The Bertz CT molecular complexity index is 685. The first-order valence-corrected chi connectivity index (χ1v) is 5.34. The third kappa shape index (κ3) is 2.48. The van der Waals surface area contributed by atoms with E-state index in [1.54, 1.807) is 6.07 Å². The molecule has 8 heteroatoms. The summed E-state index contributed by atoms with van der Waals surface area (Å²) in [6, 6.07) is 5.44. The van der Waals surface area contributed by atoms with E-state index < -0.39 is 24.3 Å². The Morgan fingerprint density at radius 1 is 1.30 bits per heavy atom. The number of alkyl halides is 3. The monoisotopic (exact) mass is 285 g/mol. The Balaban J connectivity index is 2.58. The van der Waals surface area contributed by atoms with Gasteiger partial charge in [-0.15, -0.1) is 0 Å². The first-order chi connectivity index (χ1) is 9.36. The van der Waals surface area contributed by atoms with Crippen molar-refractivity contribution >= 4 is 0 Å². The van der Waals surface area contributed by atoms with Crippen LogP contribution in [0.3, 0.4) is 0 Å². The van der Waals surface area contributed by atoms with Gasteiger partial charge in [-0.3, -0.25) is 0 Å². The predicted octanol–water partition coefficient (Wildman–Crippen LogP) is 2.39. The van der Waals surface area contributed by atoms with Crippen molar-refractivity contribution in [3.63, 3.8) is 0 Å². The average Bonchev–Trinajstić information content (AvgIpc) is 2.83. The molecular weight excluding hydrogens is 278 g/mol. The molecule has 0 saturated carbocycles. The Morgan fingerprint density at radius 2 is 2.00 bits per heavy atom. The second-order valence-corrected chi connectivity index (χ2v) is 3.86. The molecule has 1 aromatic heterocycles.